The molecule has 9 nitrogen and oxygen atoms in total. The lowest BCUT2D eigenvalue weighted by molar-refractivity contribution is -0.117. The second-order valence-corrected chi connectivity index (χ2v) is 10.1. The van der Waals surface area contributed by atoms with Gasteiger partial charge in [0.1, 0.15) is 12.1 Å². The molecule has 0 atom stereocenters. The van der Waals surface area contributed by atoms with E-state index in [2.05, 4.69) is 37.7 Å². The van der Waals surface area contributed by atoms with Crippen LogP contribution in [0.2, 0.25) is 0 Å². The fourth-order valence-corrected chi connectivity index (χ4v) is 4.14. The van der Waals surface area contributed by atoms with Crippen molar-refractivity contribution in [3.8, 4) is 34.5 Å². The van der Waals surface area contributed by atoms with Gasteiger partial charge in [0.25, 0.3) is 5.91 Å². The second kappa shape index (κ2) is 10.8. The summed E-state index contributed by atoms with van der Waals surface area (Å²) in [5, 5.41) is 24.9. The Bertz CT molecular complexity index is 1710. The molecular formula is C31H25N7O2. The van der Waals surface area contributed by atoms with Crippen LogP contribution in [0.1, 0.15) is 48.3 Å². The number of aromatic nitrogens is 3. The highest BCUT2D eigenvalue weighted by molar-refractivity contribution is 6.04. The van der Waals surface area contributed by atoms with Gasteiger partial charge in [0.05, 0.1) is 34.5 Å². The standard InChI is InChI=1S/C31H25N7O2/c1-31(2,17-33)27-13-22(10-11-34-27)30(40)37-24-9-8-23(16-32)25(14-24)20-4-3-5-21(12-20)26-15-28(36-18-35-26)38-29(39)19-6-7-19/h3-5,8-15,18-19H,6-7H2,1-2H3,(H,37,40)(H,35,36,38,39). The number of hydrogen-bond acceptors (Lipinski definition) is 7. The maximum atomic E-state index is 13.0. The van der Waals surface area contributed by atoms with E-state index in [4.69, 9.17) is 0 Å². The molecule has 0 saturated heterocycles. The number of amides is 2. The van der Waals surface area contributed by atoms with Crippen LogP contribution in [-0.2, 0) is 10.2 Å². The minimum absolute atomic E-state index is 0.0345. The van der Waals surface area contributed by atoms with Crippen molar-refractivity contribution in [1.82, 2.24) is 15.0 Å². The van der Waals surface area contributed by atoms with Crippen molar-refractivity contribution in [3.63, 3.8) is 0 Å². The number of benzene rings is 2. The third-order valence-corrected chi connectivity index (χ3v) is 6.68. The number of anilines is 2. The fourth-order valence-electron chi connectivity index (χ4n) is 4.14. The lowest BCUT2D eigenvalue weighted by Gasteiger charge is -2.15. The van der Waals surface area contributed by atoms with Crippen LogP contribution in [-0.4, -0.2) is 26.8 Å². The lowest BCUT2D eigenvalue weighted by Crippen LogP contribution is -2.18. The zero-order chi connectivity index (χ0) is 28.3. The molecule has 2 amide bonds. The van der Waals surface area contributed by atoms with Crippen molar-refractivity contribution >= 4 is 23.3 Å². The Kier molecular flexibility index (Phi) is 7.05. The first-order chi connectivity index (χ1) is 19.3. The predicted octanol–water partition coefficient (Wildman–Crippen LogP) is 5.48. The highest BCUT2D eigenvalue weighted by atomic mass is 16.2. The quantitative estimate of drug-likeness (QED) is 0.324. The van der Waals surface area contributed by atoms with E-state index >= 15 is 0 Å². The Morgan fingerprint density at radius 1 is 0.925 bits per heavy atom. The average molecular weight is 528 g/mol. The molecule has 0 radical (unpaired) electrons. The van der Waals surface area contributed by atoms with Gasteiger partial charge in [-0.25, -0.2) is 9.97 Å². The van der Waals surface area contributed by atoms with Crippen molar-refractivity contribution in [2.75, 3.05) is 10.6 Å². The number of nitrogens with one attached hydrogen (secondary N) is 2. The monoisotopic (exact) mass is 527 g/mol. The lowest BCUT2D eigenvalue weighted by atomic mass is 9.90. The normalized spacial score (nSPS) is 12.6. The molecule has 0 spiro atoms. The molecule has 2 aromatic heterocycles. The van der Waals surface area contributed by atoms with Gasteiger partial charge in [0.15, 0.2) is 0 Å². The van der Waals surface area contributed by atoms with Crippen molar-refractivity contribution in [2.45, 2.75) is 32.1 Å². The molecule has 1 fully saturated rings. The summed E-state index contributed by atoms with van der Waals surface area (Å²) in [6.07, 6.45) is 4.71. The summed E-state index contributed by atoms with van der Waals surface area (Å²) in [5.41, 5.74) is 3.79. The van der Waals surface area contributed by atoms with Crippen LogP contribution in [0.15, 0.2) is 73.2 Å². The van der Waals surface area contributed by atoms with Crippen molar-refractivity contribution in [2.24, 2.45) is 5.92 Å². The van der Waals surface area contributed by atoms with Gasteiger partial charge in [-0.2, -0.15) is 10.5 Å². The molecule has 40 heavy (non-hydrogen) atoms. The number of carbonyl (C=O) groups is 2. The Morgan fingerprint density at radius 2 is 1.73 bits per heavy atom. The number of hydrogen-bond donors (Lipinski definition) is 2. The molecular weight excluding hydrogens is 502 g/mol. The number of pyridine rings is 1. The van der Waals surface area contributed by atoms with Crippen LogP contribution < -0.4 is 10.6 Å². The van der Waals surface area contributed by atoms with Gasteiger partial charge in [-0.05, 0) is 68.7 Å². The number of rotatable bonds is 7. The summed E-state index contributed by atoms with van der Waals surface area (Å²) in [7, 11) is 0. The van der Waals surface area contributed by atoms with E-state index in [0.29, 0.717) is 39.6 Å². The van der Waals surface area contributed by atoms with Gasteiger partial charge in [0.2, 0.25) is 5.91 Å². The summed E-state index contributed by atoms with van der Waals surface area (Å²) >= 11 is 0. The third kappa shape index (κ3) is 5.69. The summed E-state index contributed by atoms with van der Waals surface area (Å²) in [6.45, 7) is 3.48. The SMILES string of the molecule is CC(C)(C#N)c1cc(C(=O)Nc2ccc(C#N)c(-c3cccc(-c4cc(NC(=O)C5CC5)ncn4)c3)c2)ccn1. The number of nitrogens with zero attached hydrogens (tertiary/aromatic N) is 5. The molecule has 2 heterocycles. The minimum atomic E-state index is -0.837. The topological polar surface area (TPSA) is 144 Å². The van der Waals surface area contributed by atoms with Crippen LogP contribution in [0.4, 0.5) is 11.5 Å². The Balaban J connectivity index is 1.41. The molecule has 5 rings (SSSR count). The number of carbonyl (C=O) groups excluding carboxylic acids is 2. The third-order valence-electron chi connectivity index (χ3n) is 6.68. The smallest absolute Gasteiger partial charge is 0.255 e. The van der Waals surface area contributed by atoms with Crippen LogP contribution in [0.5, 0.6) is 0 Å². The molecule has 1 aliphatic rings. The maximum Gasteiger partial charge on any atom is 0.255 e. The summed E-state index contributed by atoms with van der Waals surface area (Å²) in [5.74, 6) is 0.104. The van der Waals surface area contributed by atoms with Gasteiger partial charge in [0, 0.05) is 40.6 Å². The van der Waals surface area contributed by atoms with Gasteiger partial charge in [-0.15, -0.1) is 0 Å². The van der Waals surface area contributed by atoms with Crippen molar-refractivity contribution < 1.29 is 9.59 Å². The molecule has 196 valence electrons. The fraction of sp³-hybridized carbons (Fsp3) is 0.194. The first kappa shape index (κ1) is 26.2. The first-order valence-corrected chi connectivity index (χ1v) is 12.7. The number of nitriles is 2. The van der Waals surface area contributed by atoms with Crippen LogP contribution in [0.3, 0.4) is 0 Å². The Morgan fingerprint density at radius 3 is 2.48 bits per heavy atom. The van der Waals surface area contributed by atoms with E-state index in [-0.39, 0.29) is 17.7 Å². The predicted molar refractivity (Wildman–Crippen MR) is 150 cm³/mol. The van der Waals surface area contributed by atoms with Gasteiger partial charge in [-0.3, -0.25) is 14.6 Å². The van der Waals surface area contributed by atoms with Gasteiger partial charge >= 0.3 is 0 Å². The maximum absolute atomic E-state index is 13.0. The molecule has 2 N–H and O–H groups in total. The Labute approximate surface area is 231 Å². The van der Waals surface area contributed by atoms with Crippen LogP contribution >= 0.6 is 0 Å². The second-order valence-electron chi connectivity index (χ2n) is 10.1. The molecule has 0 unspecified atom stereocenters. The summed E-state index contributed by atoms with van der Waals surface area (Å²) in [6, 6.07) is 21.9. The molecule has 0 aliphatic heterocycles. The van der Waals surface area contributed by atoms with Crippen LogP contribution in [0, 0.1) is 28.6 Å². The summed E-state index contributed by atoms with van der Waals surface area (Å²) < 4.78 is 0. The van der Waals surface area contributed by atoms with Crippen molar-refractivity contribution in [3.05, 3.63) is 90.0 Å². The first-order valence-electron chi connectivity index (χ1n) is 12.7. The van der Waals surface area contributed by atoms with Crippen LogP contribution in [0.25, 0.3) is 22.4 Å². The minimum Gasteiger partial charge on any atom is -0.322 e. The zero-order valence-corrected chi connectivity index (χ0v) is 22.0. The van der Waals surface area contributed by atoms with Gasteiger partial charge in [-0.1, -0.05) is 18.2 Å². The zero-order valence-electron chi connectivity index (χ0n) is 22.0. The van der Waals surface area contributed by atoms with E-state index in [0.717, 1.165) is 24.0 Å². The highest BCUT2D eigenvalue weighted by Gasteiger charge is 2.30. The van der Waals surface area contributed by atoms with E-state index in [1.54, 1.807) is 50.2 Å². The van der Waals surface area contributed by atoms with Gasteiger partial charge < -0.3 is 10.6 Å². The average Bonchev–Trinajstić information content (AvgIpc) is 3.83. The molecule has 1 aliphatic carbocycles. The molecule has 9 heteroatoms. The molecule has 2 aromatic carbocycles. The van der Waals surface area contributed by atoms with E-state index in [1.807, 2.05) is 24.3 Å². The summed E-state index contributed by atoms with van der Waals surface area (Å²) in [4.78, 5) is 38.0. The largest absolute Gasteiger partial charge is 0.322 e. The van der Waals surface area contributed by atoms with Crippen molar-refractivity contribution in [1.29, 1.82) is 10.5 Å². The molecule has 1 saturated carbocycles. The molecule has 0 bridgehead atoms. The highest BCUT2D eigenvalue weighted by Crippen LogP contribution is 2.32. The van der Waals surface area contributed by atoms with E-state index in [9.17, 15) is 20.1 Å². The molecule has 4 aromatic rings. The Hall–Kier alpha value is -5.41. The van der Waals surface area contributed by atoms with E-state index < -0.39 is 5.41 Å². The van der Waals surface area contributed by atoms with E-state index in [1.165, 1.54) is 12.5 Å².